The van der Waals surface area contributed by atoms with Crippen LogP contribution in [0.4, 0.5) is 5.69 Å². The molecule has 2 aromatic carbocycles. The average molecular weight is 357 g/mol. The number of ether oxygens (including phenoxy) is 3. The highest BCUT2D eigenvalue weighted by molar-refractivity contribution is 7.80. The van der Waals surface area contributed by atoms with E-state index in [4.69, 9.17) is 26.4 Å². The molecule has 0 aliphatic carbocycles. The van der Waals surface area contributed by atoms with E-state index in [2.05, 4.69) is 28.8 Å². The normalized spacial score (nSPS) is 12.3. The lowest BCUT2D eigenvalue weighted by Crippen LogP contribution is -2.24. The maximum absolute atomic E-state index is 5.39. The average Bonchev–Trinajstić information content (AvgIpc) is 3.05. The molecule has 1 aliphatic rings. The van der Waals surface area contributed by atoms with E-state index < -0.39 is 0 Å². The number of hydrogen-bond donors (Lipinski definition) is 2. The number of anilines is 1. The first kappa shape index (κ1) is 17.0. The molecule has 0 amide bonds. The van der Waals surface area contributed by atoms with Crippen LogP contribution in [0.25, 0.3) is 0 Å². The minimum absolute atomic E-state index is 0.189. The molecule has 1 aliphatic heterocycles. The minimum atomic E-state index is 0.189. The van der Waals surface area contributed by atoms with Crippen LogP contribution in [-0.4, -0.2) is 25.2 Å². The van der Waals surface area contributed by atoms with E-state index in [0.717, 1.165) is 16.8 Å². The number of rotatable bonds is 4. The molecule has 3 rings (SSSR count). The lowest BCUT2D eigenvalue weighted by Gasteiger charge is -2.10. The minimum Gasteiger partial charge on any atom is -0.493 e. The smallest absolute Gasteiger partial charge is 0.231 e. The third-order valence-electron chi connectivity index (χ3n) is 3.69. The molecule has 2 aromatic rings. The van der Waals surface area contributed by atoms with Crippen LogP contribution < -0.4 is 25.0 Å². The van der Waals surface area contributed by atoms with Crippen LogP contribution in [0.3, 0.4) is 0 Å². The number of nitrogens with zero attached hydrogens (tertiary/aromatic N) is 1. The van der Waals surface area contributed by atoms with Crippen molar-refractivity contribution in [1.82, 2.24) is 5.43 Å². The van der Waals surface area contributed by atoms with E-state index in [1.807, 2.05) is 31.2 Å². The zero-order valence-electron chi connectivity index (χ0n) is 14.3. The van der Waals surface area contributed by atoms with Crippen molar-refractivity contribution in [3.05, 3.63) is 47.0 Å². The van der Waals surface area contributed by atoms with Crippen LogP contribution in [0.5, 0.6) is 17.2 Å². The zero-order valence-corrected chi connectivity index (χ0v) is 15.1. The second-order valence-corrected chi connectivity index (χ2v) is 6.01. The van der Waals surface area contributed by atoms with Crippen LogP contribution in [-0.2, 0) is 0 Å². The van der Waals surface area contributed by atoms with Crippen molar-refractivity contribution in [3.8, 4) is 17.2 Å². The first-order chi connectivity index (χ1) is 12.1. The summed E-state index contributed by atoms with van der Waals surface area (Å²) in [5.41, 5.74) is 6.88. The largest absolute Gasteiger partial charge is 0.493 e. The second kappa shape index (κ2) is 7.40. The van der Waals surface area contributed by atoms with Gasteiger partial charge in [-0.1, -0.05) is 17.7 Å². The van der Waals surface area contributed by atoms with Gasteiger partial charge in [0.1, 0.15) is 0 Å². The standard InChI is InChI=1S/C18H19N3O3S/c1-11-4-5-14(12(2)6-11)20-18(25)21-19-9-13-7-15(22-3)17-16(8-13)23-10-24-17/h4-9H,10H2,1-3H3,(H2,20,21,25)/b19-9-. The molecule has 0 aromatic heterocycles. The van der Waals surface area contributed by atoms with Crippen molar-refractivity contribution in [2.75, 3.05) is 19.2 Å². The van der Waals surface area contributed by atoms with Crippen molar-refractivity contribution in [2.45, 2.75) is 13.8 Å². The van der Waals surface area contributed by atoms with Gasteiger partial charge < -0.3 is 19.5 Å². The molecule has 25 heavy (non-hydrogen) atoms. The Morgan fingerprint density at radius 1 is 1.24 bits per heavy atom. The van der Waals surface area contributed by atoms with E-state index in [0.29, 0.717) is 22.4 Å². The Hall–Kier alpha value is -2.80. The number of hydrazone groups is 1. The van der Waals surface area contributed by atoms with Gasteiger partial charge in [-0.05, 0) is 49.8 Å². The van der Waals surface area contributed by atoms with Gasteiger partial charge in [0.05, 0.1) is 13.3 Å². The van der Waals surface area contributed by atoms with E-state index in [-0.39, 0.29) is 6.79 Å². The van der Waals surface area contributed by atoms with E-state index >= 15 is 0 Å². The summed E-state index contributed by atoms with van der Waals surface area (Å²) >= 11 is 5.27. The Morgan fingerprint density at radius 2 is 2.08 bits per heavy atom. The Morgan fingerprint density at radius 3 is 2.84 bits per heavy atom. The van der Waals surface area contributed by atoms with Gasteiger partial charge in [0, 0.05) is 11.3 Å². The van der Waals surface area contributed by atoms with E-state index in [9.17, 15) is 0 Å². The van der Waals surface area contributed by atoms with Gasteiger partial charge in [-0.25, -0.2) is 0 Å². The lowest BCUT2D eigenvalue weighted by atomic mass is 10.1. The molecule has 0 fully saturated rings. The Balaban J connectivity index is 1.64. The van der Waals surface area contributed by atoms with Crippen molar-refractivity contribution in [2.24, 2.45) is 5.10 Å². The monoisotopic (exact) mass is 357 g/mol. The topological polar surface area (TPSA) is 64.1 Å². The maximum Gasteiger partial charge on any atom is 0.231 e. The molecular formula is C18H19N3O3S. The first-order valence-corrected chi connectivity index (χ1v) is 8.12. The molecule has 1 heterocycles. The third kappa shape index (κ3) is 4.00. The summed E-state index contributed by atoms with van der Waals surface area (Å²) in [6, 6.07) is 9.76. The van der Waals surface area contributed by atoms with Crippen molar-refractivity contribution < 1.29 is 14.2 Å². The number of methoxy groups -OCH3 is 1. The van der Waals surface area contributed by atoms with Crippen LogP contribution >= 0.6 is 12.2 Å². The summed E-state index contributed by atoms with van der Waals surface area (Å²) < 4.78 is 16.1. The SMILES string of the molecule is COc1cc(/C=N\NC(=S)Nc2ccc(C)cc2C)cc2c1OCO2. The fourth-order valence-electron chi connectivity index (χ4n) is 2.49. The van der Waals surface area contributed by atoms with Crippen molar-refractivity contribution in [3.63, 3.8) is 0 Å². The van der Waals surface area contributed by atoms with Gasteiger partial charge in [0.25, 0.3) is 0 Å². The summed E-state index contributed by atoms with van der Waals surface area (Å²) in [5, 5.41) is 7.69. The Bertz CT molecular complexity index is 837. The van der Waals surface area contributed by atoms with Crippen LogP contribution in [0.1, 0.15) is 16.7 Å². The highest BCUT2D eigenvalue weighted by Gasteiger charge is 2.19. The molecule has 0 saturated heterocycles. The molecule has 0 bridgehead atoms. The van der Waals surface area contributed by atoms with Crippen LogP contribution in [0.2, 0.25) is 0 Å². The Labute approximate surface area is 151 Å². The summed E-state index contributed by atoms with van der Waals surface area (Å²) in [5.74, 6) is 1.85. The fourth-order valence-corrected chi connectivity index (χ4v) is 2.66. The van der Waals surface area contributed by atoms with Gasteiger partial charge >= 0.3 is 0 Å². The molecule has 7 heteroatoms. The van der Waals surface area contributed by atoms with Gasteiger partial charge in [-0.15, -0.1) is 0 Å². The Kier molecular flexibility index (Phi) is 5.04. The van der Waals surface area contributed by atoms with E-state index in [1.165, 1.54) is 5.56 Å². The molecular weight excluding hydrogens is 338 g/mol. The maximum atomic E-state index is 5.39. The predicted octanol–water partition coefficient (Wildman–Crippen LogP) is 3.36. The van der Waals surface area contributed by atoms with Crippen molar-refractivity contribution in [1.29, 1.82) is 0 Å². The number of aryl methyl sites for hydroxylation is 2. The molecule has 0 spiro atoms. The van der Waals surface area contributed by atoms with Crippen LogP contribution in [0.15, 0.2) is 35.4 Å². The number of nitrogens with one attached hydrogen (secondary N) is 2. The highest BCUT2D eigenvalue weighted by Crippen LogP contribution is 2.41. The van der Waals surface area contributed by atoms with E-state index in [1.54, 1.807) is 13.3 Å². The lowest BCUT2D eigenvalue weighted by molar-refractivity contribution is 0.171. The number of fused-ring (bicyclic) bond motifs is 1. The first-order valence-electron chi connectivity index (χ1n) is 7.72. The number of thiocarbonyl (C=S) groups is 1. The third-order valence-corrected chi connectivity index (χ3v) is 3.88. The molecule has 0 saturated carbocycles. The quantitative estimate of drug-likeness (QED) is 0.497. The molecule has 2 N–H and O–H groups in total. The summed E-state index contributed by atoms with van der Waals surface area (Å²) in [4.78, 5) is 0. The summed E-state index contributed by atoms with van der Waals surface area (Å²) in [6.07, 6.45) is 1.64. The number of hydrogen-bond acceptors (Lipinski definition) is 5. The molecule has 130 valence electrons. The molecule has 0 atom stereocenters. The fraction of sp³-hybridized carbons (Fsp3) is 0.222. The molecule has 0 radical (unpaired) electrons. The van der Waals surface area contributed by atoms with Gasteiger partial charge in [-0.3, -0.25) is 5.43 Å². The highest BCUT2D eigenvalue weighted by atomic mass is 32.1. The molecule has 6 nitrogen and oxygen atoms in total. The zero-order chi connectivity index (χ0) is 17.8. The summed E-state index contributed by atoms with van der Waals surface area (Å²) in [6.45, 7) is 4.27. The summed E-state index contributed by atoms with van der Waals surface area (Å²) in [7, 11) is 1.58. The van der Waals surface area contributed by atoms with Gasteiger partial charge in [-0.2, -0.15) is 5.10 Å². The van der Waals surface area contributed by atoms with Gasteiger partial charge in [0.15, 0.2) is 16.6 Å². The number of benzene rings is 2. The predicted molar refractivity (Wildman–Crippen MR) is 102 cm³/mol. The van der Waals surface area contributed by atoms with Crippen molar-refractivity contribution >= 4 is 29.2 Å². The van der Waals surface area contributed by atoms with Crippen LogP contribution in [0, 0.1) is 13.8 Å². The second-order valence-electron chi connectivity index (χ2n) is 5.60. The van der Waals surface area contributed by atoms with Gasteiger partial charge in [0.2, 0.25) is 12.5 Å². The molecule has 0 unspecified atom stereocenters.